The molecular weight excluding hydrogens is 481 g/mol. The molecule has 0 amide bonds. The summed E-state index contributed by atoms with van der Waals surface area (Å²) in [5, 5.41) is 10.8. The second kappa shape index (κ2) is 7.45. The number of aliphatic hydroxyl groups is 1. The first-order chi connectivity index (χ1) is 11.6. The number of hydrogen-bond acceptors (Lipinski definition) is 2. The van der Waals surface area contributed by atoms with Crippen LogP contribution in [0.15, 0.2) is 46.9 Å². The third-order valence-electron chi connectivity index (χ3n) is 4.13. The molecule has 0 aliphatic heterocycles. The molecule has 1 unspecified atom stereocenters. The van der Waals surface area contributed by atoms with Crippen LogP contribution in [0.1, 0.15) is 6.92 Å². The fourth-order valence-electron chi connectivity index (χ4n) is 2.94. The van der Waals surface area contributed by atoms with Gasteiger partial charge in [0.25, 0.3) is 0 Å². The minimum Gasteiger partial charge on any atom is -0.496 e. The van der Waals surface area contributed by atoms with Crippen LogP contribution in [0, 0.1) is 9.49 Å². The summed E-state index contributed by atoms with van der Waals surface area (Å²) in [6.45, 7) is 2.97. The molecule has 0 saturated carbocycles. The highest BCUT2D eigenvalue weighted by molar-refractivity contribution is 14.1. The van der Waals surface area contributed by atoms with Crippen LogP contribution in [0.3, 0.4) is 0 Å². The van der Waals surface area contributed by atoms with Gasteiger partial charge in [0.1, 0.15) is 5.75 Å². The molecule has 0 saturated heterocycles. The Morgan fingerprint density at radius 2 is 2.00 bits per heavy atom. The molecular formula is C19H19BrINO2. The summed E-state index contributed by atoms with van der Waals surface area (Å²) in [4.78, 5) is 0. The Morgan fingerprint density at radius 3 is 2.71 bits per heavy atom. The van der Waals surface area contributed by atoms with E-state index in [9.17, 15) is 5.11 Å². The quantitative estimate of drug-likeness (QED) is 0.482. The number of benzene rings is 2. The van der Waals surface area contributed by atoms with Crippen molar-refractivity contribution in [1.82, 2.24) is 4.57 Å². The molecule has 1 atom stereocenters. The van der Waals surface area contributed by atoms with Gasteiger partial charge in [-0.1, -0.05) is 41.1 Å². The van der Waals surface area contributed by atoms with E-state index in [1.165, 1.54) is 8.96 Å². The van der Waals surface area contributed by atoms with Crippen LogP contribution in [0.4, 0.5) is 0 Å². The van der Waals surface area contributed by atoms with Crippen molar-refractivity contribution in [3.63, 3.8) is 0 Å². The summed E-state index contributed by atoms with van der Waals surface area (Å²) >= 11 is 5.99. The molecule has 3 aromatic rings. The van der Waals surface area contributed by atoms with Crippen molar-refractivity contribution in [3.05, 3.63) is 50.5 Å². The maximum absolute atomic E-state index is 9.54. The number of aromatic nitrogens is 1. The average molecular weight is 500 g/mol. The molecule has 1 heterocycles. The number of hydrogen-bond donors (Lipinski definition) is 1. The van der Waals surface area contributed by atoms with Crippen molar-refractivity contribution in [2.24, 2.45) is 5.92 Å². The molecule has 24 heavy (non-hydrogen) atoms. The number of nitrogens with zero attached hydrogens (tertiary/aromatic N) is 1. The van der Waals surface area contributed by atoms with E-state index in [1.54, 1.807) is 7.11 Å². The summed E-state index contributed by atoms with van der Waals surface area (Å²) in [6, 6.07) is 14.4. The lowest BCUT2D eigenvalue weighted by Crippen LogP contribution is -2.12. The zero-order valence-electron chi connectivity index (χ0n) is 13.6. The van der Waals surface area contributed by atoms with E-state index in [1.807, 2.05) is 18.2 Å². The first kappa shape index (κ1) is 17.8. The minimum absolute atomic E-state index is 0.162. The molecule has 2 aromatic carbocycles. The Bertz CT molecular complexity index is 875. The lowest BCUT2D eigenvalue weighted by molar-refractivity contribution is 0.224. The highest BCUT2D eigenvalue weighted by atomic mass is 127. The molecule has 1 aromatic heterocycles. The minimum atomic E-state index is 0.162. The summed E-state index contributed by atoms with van der Waals surface area (Å²) in [7, 11) is 1.70. The second-order valence-corrected chi connectivity index (χ2v) is 7.92. The van der Waals surface area contributed by atoms with Gasteiger partial charge in [0, 0.05) is 32.1 Å². The molecule has 126 valence electrons. The number of rotatable bonds is 5. The van der Waals surface area contributed by atoms with Crippen molar-refractivity contribution >= 4 is 49.4 Å². The van der Waals surface area contributed by atoms with E-state index in [-0.39, 0.29) is 12.5 Å². The Kier molecular flexibility index (Phi) is 5.52. The lowest BCUT2D eigenvalue weighted by atomic mass is 10.1. The molecule has 0 aliphatic rings. The monoisotopic (exact) mass is 499 g/mol. The smallest absolute Gasteiger partial charge is 0.128 e. The molecule has 0 spiro atoms. The highest BCUT2D eigenvalue weighted by Gasteiger charge is 2.20. The van der Waals surface area contributed by atoms with E-state index in [0.29, 0.717) is 0 Å². The van der Waals surface area contributed by atoms with Gasteiger partial charge in [0.2, 0.25) is 0 Å². The van der Waals surface area contributed by atoms with Gasteiger partial charge in [-0.25, -0.2) is 0 Å². The number of methoxy groups -OCH3 is 1. The Hall–Kier alpha value is -1.05. The fraction of sp³-hybridized carbons (Fsp3) is 0.263. The largest absolute Gasteiger partial charge is 0.496 e. The van der Waals surface area contributed by atoms with Crippen LogP contribution in [0.25, 0.3) is 22.2 Å². The highest BCUT2D eigenvalue weighted by Crippen LogP contribution is 2.40. The molecule has 0 aliphatic carbocycles. The number of para-hydroxylation sites is 1. The molecule has 0 radical (unpaired) electrons. The summed E-state index contributed by atoms with van der Waals surface area (Å²) in [5.74, 6) is 1.03. The van der Waals surface area contributed by atoms with Crippen LogP contribution in [0.2, 0.25) is 0 Å². The van der Waals surface area contributed by atoms with E-state index in [0.717, 1.165) is 33.5 Å². The normalized spacial score (nSPS) is 12.5. The van der Waals surface area contributed by atoms with E-state index < -0.39 is 0 Å². The third kappa shape index (κ3) is 3.21. The van der Waals surface area contributed by atoms with Gasteiger partial charge >= 0.3 is 0 Å². The fourth-order valence-corrected chi connectivity index (χ4v) is 4.33. The molecule has 0 bridgehead atoms. The Labute approximate surface area is 163 Å². The lowest BCUT2D eigenvalue weighted by Gasteiger charge is -2.17. The van der Waals surface area contributed by atoms with Crippen molar-refractivity contribution in [3.8, 4) is 17.0 Å². The van der Waals surface area contributed by atoms with Crippen molar-refractivity contribution < 1.29 is 9.84 Å². The number of ether oxygens (including phenoxy) is 1. The molecule has 0 fully saturated rings. The van der Waals surface area contributed by atoms with Crippen molar-refractivity contribution in [1.29, 1.82) is 0 Å². The molecule has 3 rings (SSSR count). The summed E-state index contributed by atoms with van der Waals surface area (Å²) < 4.78 is 10.1. The topological polar surface area (TPSA) is 34.4 Å². The van der Waals surface area contributed by atoms with Gasteiger partial charge < -0.3 is 14.4 Å². The van der Waals surface area contributed by atoms with Crippen LogP contribution in [-0.4, -0.2) is 23.4 Å². The van der Waals surface area contributed by atoms with Gasteiger partial charge in [-0.3, -0.25) is 0 Å². The maximum Gasteiger partial charge on any atom is 0.128 e. The Morgan fingerprint density at radius 1 is 1.25 bits per heavy atom. The van der Waals surface area contributed by atoms with Gasteiger partial charge in [0.05, 0.1) is 18.3 Å². The second-order valence-electron chi connectivity index (χ2n) is 5.92. The first-order valence-electron chi connectivity index (χ1n) is 7.78. The molecule has 1 N–H and O–H groups in total. The summed E-state index contributed by atoms with van der Waals surface area (Å²) in [6.07, 6.45) is 0. The average Bonchev–Trinajstić information content (AvgIpc) is 2.86. The van der Waals surface area contributed by atoms with Gasteiger partial charge in [0.15, 0.2) is 0 Å². The van der Waals surface area contributed by atoms with Crippen LogP contribution >= 0.6 is 38.5 Å². The van der Waals surface area contributed by atoms with E-state index in [2.05, 4.69) is 74.3 Å². The first-order valence-corrected chi connectivity index (χ1v) is 9.65. The zero-order chi connectivity index (χ0) is 17.3. The van der Waals surface area contributed by atoms with Gasteiger partial charge in [-0.2, -0.15) is 0 Å². The molecule has 5 heteroatoms. The maximum atomic E-state index is 9.54. The van der Waals surface area contributed by atoms with E-state index in [4.69, 9.17) is 4.74 Å². The third-order valence-corrected chi connectivity index (χ3v) is 5.72. The standard InChI is InChI=1S/C19H19BrINO2/c1-12(11-23)10-22-16-9-13(20)7-8-14(16)18(21)19(22)15-5-3-4-6-17(15)24-2/h3-9,12,23H,10-11H2,1-2H3. The van der Waals surface area contributed by atoms with E-state index >= 15 is 0 Å². The predicted molar refractivity (Wildman–Crippen MR) is 111 cm³/mol. The van der Waals surface area contributed by atoms with Crippen molar-refractivity contribution in [2.75, 3.05) is 13.7 Å². The van der Waals surface area contributed by atoms with Crippen LogP contribution in [-0.2, 0) is 6.54 Å². The number of halogens is 2. The Balaban J connectivity index is 2.33. The summed E-state index contributed by atoms with van der Waals surface area (Å²) in [5.41, 5.74) is 3.37. The zero-order valence-corrected chi connectivity index (χ0v) is 17.3. The van der Waals surface area contributed by atoms with Crippen molar-refractivity contribution in [2.45, 2.75) is 13.5 Å². The molecule has 3 nitrogen and oxygen atoms in total. The SMILES string of the molecule is COc1ccccc1-c1c(I)c2ccc(Br)cc2n1CC(C)CO. The number of aliphatic hydroxyl groups excluding tert-OH is 1. The van der Waals surface area contributed by atoms with Crippen LogP contribution in [0.5, 0.6) is 5.75 Å². The predicted octanol–water partition coefficient (Wildman–Crippen LogP) is 5.31. The van der Waals surface area contributed by atoms with Gasteiger partial charge in [-0.15, -0.1) is 0 Å². The number of fused-ring (bicyclic) bond motifs is 1. The van der Waals surface area contributed by atoms with Crippen LogP contribution < -0.4 is 4.74 Å². The van der Waals surface area contributed by atoms with Gasteiger partial charge in [-0.05, 0) is 52.8 Å².